The van der Waals surface area contributed by atoms with Crippen molar-refractivity contribution in [2.75, 3.05) is 0 Å². The third-order valence-electron chi connectivity index (χ3n) is 4.40. The van der Waals surface area contributed by atoms with Gasteiger partial charge in [-0.3, -0.25) is 0 Å². The van der Waals surface area contributed by atoms with E-state index in [1.54, 1.807) is 0 Å². The van der Waals surface area contributed by atoms with E-state index in [9.17, 15) is 0 Å². The van der Waals surface area contributed by atoms with Crippen molar-refractivity contribution >= 4 is 11.6 Å². The summed E-state index contributed by atoms with van der Waals surface area (Å²) in [5.41, 5.74) is 1.22. The standard InChI is InChI=1S/C17H26ClN/c1-3-6-14-9-11-15(12-10-14)19-13(2)16-7-4-5-8-17(16)18/h4-5,7-8,13-15,19H,3,6,9-12H2,1-2H3. The molecular weight excluding hydrogens is 254 g/mol. The Morgan fingerprint density at radius 3 is 2.53 bits per heavy atom. The number of hydrogen-bond acceptors (Lipinski definition) is 1. The maximum absolute atomic E-state index is 6.26. The molecule has 2 heteroatoms. The highest BCUT2D eigenvalue weighted by Gasteiger charge is 2.22. The average molecular weight is 280 g/mol. The summed E-state index contributed by atoms with van der Waals surface area (Å²) in [7, 11) is 0. The molecule has 1 atom stereocenters. The van der Waals surface area contributed by atoms with E-state index in [0.29, 0.717) is 12.1 Å². The van der Waals surface area contributed by atoms with Crippen LogP contribution in [-0.4, -0.2) is 6.04 Å². The molecule has 1 aromatic rings. The van der Waals surface area contributed by atoms with Gasteiger partial charge in [0.2, 0.25) is 0 Å². The highest BCUT2D eigenvalue weighted by molar-refractivity contribution is 6.31. The minimum absolute atomic E-state index is 0.349. The van der Waals surface area contributed by atoms with E-state index in [1.165, 1.54) is 44.1 Å². The van der Waals surface area contributed by atoms with Gasteiger partial charge >= 0.3 is 0 Å². The predicted octanol–water partition coefficient (Wildman–Crippen LogP) is 5.35. The van der Waals surface area contributed by atoms with E-state index < -0.39 is 0 Å². The van der Waals surface area contributed by atoms with Crippen LogP contribution in [-0.2, 0) is 0 Å². The van der Waals surface area contributed by atoms with Crippen LogP contribution in [0.15, 0.2) is 24.3 Å². The highest BCUT2D eigenvalue weighted by Crippen LogP contribution is 2.30. The fourth-order valence-corrected chi connectivity index (χ4v) is 3.60. The second kappa shape index (κ2) is 7.31. The predicted molar refractivity (Wildman–Crippen MR) is 83.7 cm³/mol. The molecule has 0 spiro atoms. The molecule has 19 heavy (non-hydrogen) atoms. The molecule has 0 amide bonds. The summed E-state index contributed by atoms with van der Waals surface area (Å²) in [4.78, 5) is 0. The van der Waals surface area contributed by atoms with Crippen molar-refractivity contribution < 1.29 is 0 Å². The first-order chi connectivity index (χ1) is 9.20. The number of rotatable bonds is 5. The molecule has 0 bridgehead atoms. The third kappa shape index (κ3) is 4.22. The van der Waals surface area contributed by atoms with Crippen LogP contribution in [0.2, 0.25) is 5.02 Å². The Hall–Kier alpha value is -0.530. The van der Waals surface area contributed by atoms with Crippen molar-refractivity contribution in [3.05, 3.63) is 34.9 Å². The van der Waals surface area contributed by atoms with Crippen LogP contribution in [0.4, 0.5) is 0 Å². The zero-order valence-electron chi connectivity index (χ0n) is 12.2. The van der Waals surface area contributed by atoms with Crippen LogP contribution in [0.1, 0.15) is 64.0 Å². The first-order valence-corrected chi connectivity index (χ1v) is 8.09. The Morgan fingerprint density at radius 2 is 1.89 bits per heavy atom. The maximum atomic E-state index is 6.26. The number of halogens is 1. The van der Waals surface area contributed by atoms with Crippen molar-refractivity contribution in [3.8, 4) is 0 Å². The molecule has 1 saturated carbocycles. The molecule has 1 nitrogen and oxygen atoms in total. The largest absolute Gasteiger partial charge is 0.307 e. The molecular formula is C17H26ClN. The lowest BCUT2D eigenvalue weighted by molar-refractivity contribution is 0.266. The van der Waals surface area contributed by atoms with Crippen LogP contribution >= 0.6 is 11.6 Å². The Bertz CT molecular complexity index is 383. The van der Waals surface area contributed by atoms with Crippen molar-refractivity contribution in [3.63, 3.8) is 0 Å². The van der Waals surface area contributed by atoms with E-state index in [-0.39, 0.29) is 0 Å². The van der Waals surface area contributed by atoms with E-state index in [1.807, 2.05) is 12.1 Å². The quantitative estimate of drug-likeness (QED) is 0.766. The van der Waals surface area contributed by atoms with Gasteiger partial charge in [0.05, 0.1) is 0 Å². The minimum atomic E-state index is 0.349. The highest BCUT2D eigenvalue weighted by atomic mass is 35.5. The summed E-state index contributed by atoms with van der Waals surface area (Å²) in [6.45, 7) is 4.52. The molecule has 1 N–H and O–H groups in total. The number of benzene rings is 1. The minimum Gasteiger partial charge on any atom is -0.307 e. The summed E-state index contributed by atoms with van der Waals surface area (Å²) < 4.78 is 0. The van der Waals surface area contributed by atoms with Crippen LogP contribution in [0, 0.1) is 5.92 Å². The molecule has 1 unspecified atom stereocenters. The molecule has 1 fully saturated rings. The van der Waals surface area contributed by atoms with E-state index in [0.717, 1.165) is 10.9 Å². The molecule has 0 aromatic heterocycles. The monoisotopic (exact) mass is 279 g/mol. The Balaban J connectivity index is 1.84. The fraction of sp³-hybridized carbons (Fsp3) is 0.647. The molecule has 0 aliphatic heterocycles. The van der Waals surface area contributed by atoms with Gasteiger partial charge in [0.25, 0.3) is 0 Å². The van der Waals surface area contributed by atoms with E-state index >= 15 is 0 Å². The lowest BCUT2D eigenvalue weighted by Gasteiger charge is -2.31. The Kier molecular flexibility index (Phi) is 5.72. The van der Waals surface area contributed by atoms with Crippen molar-refractivity contribution in [1.82, 2.24) is 5.32 Å². The Morgan fingerprint density at radius 1 is 1.21 bits per heavy atom. The van der Waals surface area contributed by atoms with Crippen LogP contribution in [0.25, 0.3) is 0 Å². The second-order valence-corrected chi connectivity index (χ2v) is 6.32. The fourth-order valence-electron chi connectivity index (χ4n) is 3.30. The lowest BCUT2D eigenvalue weighted by Crippen LogP contribution is -2.35. The van der Waals surface area contributed by atoms with Gasteiger partial charge in [-0.05, 0) is 50.2 Å². The summed E-state index contributed by atoms with van der Waals surface area (Å²) in [5, 5.41) is 4.63. The summed E-state index contributed by atoms with van der Waals surface area (Å²) in [6.07, 6.45) is 8.16. The normalized spacial score (nSPS) is 25.2. The van der Waals surface area contributed by atoms with E-state index in [2.05, 4.69) is 31.3 Å². The topological polar surface area (TPSA) is 12.0 Å². The molecule has 0 heterocycles. The SMILES string of the molecule is CCCC1CCC(NC(C)c2ccccc2Cl)CC1. The van der Waals surface area contributed by atoms with E-state index in [4.69, 9.17) is 11.6 Å². The van der Waals surface area contributed by atoms with Gasteiger partial charge in [-0.2, -0.15) is 0 Å². The van der Waals surface area contributed by atoms with Crippen LogP contribution in [0.5, 0.6) is 0 Å². The molecule has 2 rings (SSSR count). The Labute approximate surface area is 122 Å². The van der Waals surface area contributed by atoms with Crippen LogP contribution < -0.4 is 5.32 Å². The van der Waals surface area contributed by atoms with Gasteiger partial charge in [0, 0.05) is 17.1 Å². The molecule has 1 aliphatic rings. The molecule has 1 aliphatic carbocycles. The number of hydrogen-bond donors (Lipinski definition) is 1. The van der Waals surface area contributed by atoms with Gasteiger partial charge in [-0.25, -0.2) is 0 Å². The molecule has 1 aromatic carbocycles. The smallest absolute Gasteiger partial charge is 0.0453 e. The van der Waals surface area contributed by atoms with Gasteiger partial charge in [0.1, 0.15) is 0 Å². The summed E-state index contributed by atoms with van der Waals surface area (Å²) >= 11 is 6.26. The van der Waals surface area contributed by atoms with Gasteiger partial charge < -0.3 is 5.32 Å². The summed E-state index contributed by atoms with van der Waals surface area (Å²) in [6, 6.07) is 9.18. The zero-order chi connectivity index (χ0) is 13.7. The third-order valence-corrected chi connectivity index (χ3v) is 4.75. The van der Waals surface area contributed by atoms with Crippen molar-refractivity contribution in [2.24, 2.45) is 5.92 Å². The van der Waals surface area contributed by atoms with Gasteiger partial charge in [-0.1, -0.05) is 49.6 Å². The first kappa shape index (κ1) is 14.9. The molecule has 0 saturated heterocycles. The molecule has 0 radical (unpaired) electrons. The van der Waals surface area contributed by atoms with Crippen molar-refractivity contribution in [2.45, 2.75) is 64.5 Å². The van der Waals surface area contributed by atoms with Crippen LogP contribution in [0.3, 0.4) is 0 Å². The molecule has 106 valence electrons. The summed E-state index contributed by atoms with van der Waals surface area (Å²) in [5.74, 6) is 0.971. The number of nitrogens with one attached hydrogen (secondary N) is 1. The average Bonchev–Trinajstić information content (AvgIpc) is 2.42. The van der Waals surface area contributed by atoms with Gasteiger partial charge in [0.15, 0.2) is 0 Å². The van der Waals surface area contributed by atoms with Crippen molar-refractivity contribution in [1.29, 1.82) is 0 Å². The second-order valence-electron chi connectivity index (χ2n) is 5.92. The first-order valence-electron chi connectivity index (χ1n) is 7.71. The zero-order valence-corrected chi connectivity index (χ0v) is 12.9. The lowest BCUT2D eigenvalue weighted by atomic mass is 9.83. The van der Waals surface area contributed by atoms with Gasteiger partial charge in [-0.15, -0.1) is 0 Å². The maximum Gasteiger partial charge on any atom is 0.0453 e.